The Morgan fingerprint density at radius 3 is 2.59 bits per heavy atom. The number of hydrogen-bond donors (Lipinski definition) is 3. The number of nitrogens with zero attached hydrogens (tertiary/aromatic N) is 2. The summed E-state index contributed by atoms with van der Waals surface area (Å²) in [6, 6.07) is 1.43. The Morgan fingerprint density at radius 2 is 2.06 bits per heavy atom. The van der Waals surface area contributed by atoms with E-state index in [1.54, 1.807) is 0 Å². The molecule has 1 aromatic heterocycles. The van der Waals surface area contributed by atoms with Crippen molar-refractivity contribution in [1.82, 2.24) is 9.97 Å². The number of aliphatic hydroxyl groups excluding tert-OH is 1. The van der Waals surface area contributed by atoms with Crippen LogP contribution in [0, 0.1) is 0 Å². The largest absolute Gasteiger partial charge is 0.385 e. The molecule has 0 saturated carbocycles. The molecule has 1 rings (SSSR count). The second-order valence-electron chi connectivity index (χ2n) is 3.97. The minimum absolute atomic E-state index is 0.0825. The second-order valence-corrected chi connectivity index (χ2v) is 3.97. The highest BCUT2D eigenvalue weighted by atomic mass is 19.3. The lowest BCUT2D eigenvalue weighted by Crippen LogP contribution is -2.27. The van der Waals surface area contributed by atoms with Gasteiger partial charge in [0.2, 0.25) is 0 Å². The Labute approximate surface area is 98.1 Å². The van der Waals surface area contributed by atoms with Gasteiger partial charge in [-0.2, -0.15) is 0 Å². The summed E-state index contributed by atoms with van der Waals surface area (Å²) in [6.45, 7) is 3.50. The van der Waals surface area contributed by atoms with E-state index in [1.165, 1.54) is 6.07 Å². The predicted octanol–water partition coefficient (Wildman–Crippen LogP) is 1.22. The van der Waals surface area contributed by atoms with Crippen molar-refractivity contribution in [1.29, 1.82) is 0 Å². The molecule has 0 aliphatic carbocycles. The molecule has 1 unspecified atom stereocenters. The standard InChI is InChI=1S/C10H16F2N4O/c1-5(2)10-15-7(13)3-8(16-10)14-4-6(17)9(11)12/h3,5-6,9,17H,4H2,1-2H3,(H3,13,14,15,16). The zero-order chi connectivity index (χ0) is 13.0. The average molecular weight is 246 g/mol. The molecule has 0 aromatic carbocycles. The van der Waals surface area contributed by atoms with Crippen molar-refractivity contribution in [2.24, 2.45) is 0 Å². The van der Waals surface area contributed by atoms with E-state index in [9.17, 15) is 8.78 Å². The molecule has 4 N–H and O–H groups in total. The van der Waals surface area contributed by atoms with Gasteiger partial charge in [-0.25, -0.2) is 18.7 Å². The normalized spacial score (nSPS) is 13.1. The molecule has 7 heteroatoms. The van der Waals surface area contributed by atoms with Crippen LogP contribution in [-0.4, -0.2) is 34.1 Å². The van der Waals surface area contributed by atoms with Crippen molar-refractivity contribution >= 4 is 11.6 Å². The van der Waals surface area contributed by atoms with Crippen LogP contribution in [0.1, 0.15) is 25.6 Å². The molecule has 0 radical (unpaired) electrons. The van der Waals surface area contributed by atoms with Gasteiger partial charge >= 0.3 is 0 Å². The summed E-state index contributed by atoms with van der Waals surface area (Å²) in [5.74, 6) is 1.21. The van der Waals surface area contributed by atoms with Crippen molar-refractivity contribution < 1.29 is 13.9 Å². The Morgan fingerprint density at radius 1 is 1.41 bits per heavy atom. The molecule has 0 spiro atoms. The van der Waals surface area contributed by atoms with E-state index in [-0.39, 0.29) is 18.3 Å². The van der Waals surface area contributed by atoms with Crippen LogP contribution in [0.5, 0.6) is 0 Å². The number of aromatic nitrogens is 2. The van der Waals surface area contributed by atoms with Crippen LogP contribution >= 0.6 is 0 Å². The smallest absolute Gasteiger partial charge is 0.265 e. The summed E-state index contributed by atoms with van der Waals surface area (Å²) in [5.41, 5.74) is 5.56. The van der Waals surface area contributed by atoms with Crippen molar-refractivity contribution in [3.63, 3.8) is 0 Å². The zero-order valence-electron chi connectivity index (χ0n) is 9.69. The van der Waals surface area contributed by atoms with Crippen LogP contribution in [0.25, 0.3) is 0 Å². The highest BCUT2D eigenvalue weighted by Gasteiger charge is 2.16. The number of nitrogens with two attached hydrogens (primary N) is 1. The number of rotatable bonds is 5. The molecule has 1 atom stereocenters. The monoisotopic (exact) mass is 246 g/mol. The average Bonchev–Trinajstić information content (AvgIpc) is 2.24. The minimum atomic E-state index is -2.79. The van der Waals surface area contributed by atoms with E-state index >= 15 is 0 Å². The number of hydrogen-bond acceptors (Lipinski definition) is 5. The lowest BCUT2D eigenvalue weighted by atomic mass is 10.2. The lowest BCUT2D eigenvalue weighted by molar-refractivity contribution is 0.00380. The topological polar surface area (TPSA) is 84.1 Å². The second kappa shape index (κ2) is 5.72. The molecule has 0 amide bonds. The molecule has 1 heterocycles. The van der Waals surface area contributed by atoms with E-state index in [2.05, 4.69) is 15.3 Å². The third-order valence-corrected chi connectivity index (χ3v) is 2.06. The summed E-state index contributed by atoms with van der Waals surface area (Å²) < 4.78 is 24.1. The van der Waals surface area contributed by atoms with Crippen LogP contribution in [0.15, 0.2) is 6.07 Å². The molecule has 96 valence electrons. The summed E-state index contributed by atoms with van der Waals surface area (Å²) >= 11 is 0. The number of nitrogens with one attached hydrogen (secondary N) is 1. The fourth-order valence-corrected chi connectivity index (χ4v) is 1.13. The maximum atomic E-state index is 12.1. The first-order valence-electron chi connectivity index (χ1n) is 5.24. The quantitative estimate of drug-likeness (QED) is 0.727. The molecule has 0 aliphatic heterocycles. The van der Waals surface area contributed by atoms with Crippen LogP contribution in [0.2, 0.25) is 0 Å². The fourth-order valence-electron chi connectivity index (χ4n) is 1.13. The van der Waals surface area contributed by atoms with Crippen LogP contribution in [0.4, 0.5) is 20.4 Å². The predicted molar refractivity (Wildman–Crippen MR) is 61.0 cm³/mol. The van der Waals surface area contributed by atoms with Crippen molar-refractivity contribution in [3.8, 4) is 0 Å². The molecule has 1 aromatic rings. The first-order chi connectivity index (χ1) is 7.90. The van der Waals surface area contributed by atoms with E-state index in [0.29, 0.717) is 11.6 Å². The van der Waals surface area contributed by atoms with E-state index in [1.807, 2.05) is 13.8 Å². The summed E-state index contributed by atoms with van der Waals surface area (Å²) in [7, 11) is 0. The van der Waals surface area contributed by atoms with Gasteiger partial charge in [0, 0.05) is 18.5 Å². The van der Waals surface area contributed by atoms with Gasteiger partial charge in [0.1, 0.15) is 23.6 Å². The number of anilines is 2. The Kier molecular flexibility index (Phi) is 4.56. The number of halogens is 2. The minimum Gasteiger partial charge on any atom is -0.385 e. The third kappa shape index (κ3) is 4.10. The van der Waals surface area contributed by atoms with Gasteiger partial charge < -0.3 is 16.2 Å². The van der Waals surface area contributed by atoms with Crippen molar-refractivity contribution in [2.75, 3.05) is 17.6 Å². The maximum absolute atomic E-state index is 12.1. The molecule has 0 saturated heterocycles. The molecule has 5 nitrogen and oxygen atoms in total. The Bertz CT molecular complexity index is 373. The third-order valence-electron chi connectivity index (χ3n) is 2.06. The first kappa shape index (κ1) is 13.6. The molecule has 0 aliphatic rings. The first-order valence-corrected chi connectivity index (χ1v) is 5.24. The van der Waals surface area contributed by atoms with Crippen LogP contribution in [-0.2, 0) is 0 Å². The van der Waals surface area contributed by atoms with Gasteiger partial charge in [0.05, 0.1) is 0 Å². The van der Waals surface area contributed by atoms with Gasteiger partial charge in [-0.05, 0) is 0 Å². The SMILES string of the molecule is CC(C)c1nc(N)cc(NCC(O)C(F)F)n1. The highest BCUT2D eigenvalue weighted by molar-refractivity contribution is 5.45. The Balaban J connectivity index is 2.71. The molecular formula is C10H16F2N4O. The van der Waals surface area contributed by atoms with Crippen LogP contribution in [0.3, 0.4) is 0 Å². The lowest BCUT2D eigenvalue weighted by Gasteiger charge is -2.13. The number of aliphatic hydroxyl groups is 1. The number of alkyl halides is 2. The summed E-state index contributed by atoms with van der Waals surface area (Å²) in [4.78, 5) is 8.12. The van der Waals surface area contributed by atoms with E-state index < -0.39 is 12.5 Å². The van der Waals surface area contributed by atoms with Gasteiger partial charge in [-0.1, -0.05) is 13.8 Å². The summed E-state index contributed by atoms with van der Waals surface area (Å²) in [5, 5.41) is 11.5. The van der Waals surface area contributed by atoms with Crippen molar-refractivity contribution in [2.45, 2.75) is 32.3 Å². The Hall–Kier alpha value is -1.50. The summed E-state index contributed by atoms with van der Waals surface area (Å²) in [6.07, 6.45) is -4.51. The number of nitrogen functional groups attached to an aromatic ring is 1. The van der Waals surface area contributed by atoms with Gasteiger partial charge in [-0.3, -0.25) is 0 Å². The molecular weight excluding hydrogens is 230 g/mol. The van der Waals surface area contributed by atoms with E-state index in [0.717, 1.165) is 0 Å². The molecule has 0 bridgehead atoms. The fraction of sp³-hybridized carbons (Fsp3) is 0.600. The van der Waals surface area contributed by atoms with Gasteiger partial charge in [0.25, 0.3) is 6.43 Å². The van der Waals surface area contributed by atoms with Gasteiger partial charge in [-0.15, -0.1) is 0 Å². The molecule has 17 heavy (non-hydrogen) atoms. The van der Waals surface area contributed by atoms with Crippen molar-refractivity contribution in [3.05, 3.63) is 11.9 Å². The maximum Gasteiger partial charge on any atom is 0.265 e. The van der Waals surface area contributed by atoms with E-state index in [4.69, 9.17) is 10.8 Å². The van der Waals surface area contributed by atoms with Crippen LogP contribution < -0.4 is 11.1 Å². The molecule has 0 fully saturated rings. The zero-order valence-corrected chi connectivity index (χ0v) is 9.69. The highest BCUT2D eigenvalue weighted by Crippen LogP contribution is 2.15. The van der Waals surface area contributed by atoms with Gasteiger partial charge in [0.15, 0.2) is 0 Å².